The second-order valence-electron chi connectivity index (χ2n) is 4.24. The predicted octanol–water partition coefficient (Wildman–Crippen LogP) is 3.20. The molecule has 2 aromatic rings. The van der Waals surface area contributed by atoms with E-state index in [2.05, 4.69) is 9.88 Å². The molecule has 0 radical (unpaired) electrons. The van der Waals surface area contributed by atoms with Gasteiger partial charge in [0.05, 0.1) is 10.9 Å². The van der Waals surface area contributed by atoms with Crippen LogP contribution in [0.3, 0.4) is 0 Å². The fourth-order valence-corrected chi connectivity index (χ4v) is 2.93. The molecule has 0 bridgehead atoms. The van der Waals surface area contributed by atoms with Gasteiger partial charge in [-0.05, 0) is 36.8 Å². The number of anilines is 1. The molecule has 0 saturated carbocycles. The van der Waals surface area contributed by atoms with Gasteiger partial charge in [-0.25, -0.2) is 4.98 Å². The molecular weight excluding hydrogens is 266 g/mol. The van der Waals surface area contributed by atoms with Gasteiger partial charge in [0, 0.05) is 24.2 Å². The van der Waals surface area contributed by atoms with E-state index in [-0.39, 0.29) is 0 Å². The summed E-state index contributed by atoms with van der Waals surface area (Å²) in [7, 11) is 2.02. The van der Waals surface area contributed by atoms with E-state index in [1.165, 1.54) is 4.88 Å². The van der Waals surface area contributed by atoms with Crippen LogP contribution in [-0.2, 0) is 13.1 Å². The zero-order valence-corrected chi connectivity index (χ0v) is 12.1. The molecule has 0 atom stereocenters. The summed E-state index contributed by atoms with van der Waals surface area (Å²) in [5.74, 6) is 0.944. The Morgan fingerprint density at radius 3 is 2.78 bits per heavy atom. The summed E-state index contributed by atoms with van der Waals surface area (Å²) in [4.78, 5) is 7.85. The molecule has 5 heteroatoms. The first-order valence-electron chi connectivity index (χ1n) is 5.71. The Balaban J connectivity index is 2.17. The van der Waals surface area contributed by atoms with Crippen LogP contribution in [-0.4, -0.2) is 12.0 Å². The molecule has 0 aromatic carbocycles. The first kappa shape index (κ1) is 13.3. The molecule has 2 aromatic heterocycles. The zero-order valence-electron chi connectivity index (χ0n) is 10.5. The standard InChI is InChI=1S/C13H16ClN3S/c1-9-5-10(7-15)6-13(16-9)17(2)8-11-3-4-12(14)18-11/h3-6H,7-8,15H2,1-2H3. The second kappa shape index (κ2) is 5.69. The molecule has 0 amide bonds. The van der Waals surface area contributed by atoms with E-state index >= 15 is 0 Å². The van der Waals surface area contributed by atoms with E-state index in [4.69, 9.17) is 17.3 Å². The molecule has 2 rings (SSSR count). The molecule has 2 N–H and O–H groups in total. The molecule has 3 nitrogen and oxygen atoms in total. The van der Waals surface area contributed by atoms with Gasteiger partial charge in [0.1, 0.15) is 5.82 Å². The molecule has 0 spiro atoms. The minimum atomic E-state index is 0.537. The first-order chi connectivity index (χ1) is 8.58. The van der Waals surface area contributed by atoms with Crippen LogP contribution in [0.15, 0.2) is 24.3 Å². The maximum Gasteiger partial charge on any atom is 0.129 e. The van der Waals surface area contributed by atoms with Gasteiger partial charge in [0.2, 0.25) is 0 Å². The van der Waals surface area contributed by atoms with E-state index < -0.39 is 0 Å². The van der Waals surface area contributed by atoms with Crippen molar-refractivity contribution in [3.8, 4) is 0 Å². The van der Waals surface area contributed by atoms with Crippen molar-refractivity contribution < 1.29 is 0 Å². The summed E-state index contributed by atoms with van der Waals surface area (Å²) in [6, 6.07) is 8.01. The number of nitrogens with two attached hydrogens (primary N) is 1. The monoisotopic (exact) mass is 281 g/mol. The Labute approximate surface area is 116 Å². The van der Waals surface area contributed by atoms with Crippen molar-refractivity contribution in [1.82, 2.24) is 4.98 Å². The molecule has 0 aliphatic rings. The van der Waals surface area contributed by atoms with Gasteiger partial charge >= 0.3 is 0 Å². The van der Waals surface area contributed by atoms with Crippen molar-refractivity contribution in [2.75, 3.05) is 11.9 Å². The van der Waals surface area contributed by atoms with Crippen molar-refractivity contribution >= 4 is 28.8 Å². The van der Waals surface area contributed by atoms with Crippen LogP contribution in [0.1, 0.15) is 16.1 Å². The predicted molar refractivity (Wildman–Crippen MR) is 78.3 cm³/mol. The smallest absolute Gasteiger partial charge is 0.129 e. The van der Waals surface area contributed by atoms with Crippen LogP contribution >= 0.6 is 22.9 Å². The molecule has 96 valence electrons. The molecule has 18 heavy (non-hydrogen) atoms. The van der Waals surface area contributed by atoms with E-state index in [0.717, 1.165) is 28.0 Å². The number of halogens is 1. The van der Waals surface area contributed by atoms with E-state index in [1.807, 2.05) is 38.2 Å². The highest BCUT2D eigenvalue weighted by molar-refractivity contribution is 7.16. The molecule has 0 fully saturated rings. The lowest BCUT2D eigenvalue weighted by molar-refractivity contribution is 0.898. The number of aryl methyl sites for hydroxylation is 1. The van der Waals surface area contributed by atoms with Crippen LogP contribution < -0.4 is 10.6 Å². The lowest BCUT2D eigenvalue weighted by atomic mass is 10.2. The molecular formula is C13H16ClN3S. The van der Waals surface area contributed by atoms with Gasteiger partial charge in [0.25, 0.3) is 0 Å². The fourth-order valence-electron chi connectivity index (χ4n) is 1.79. The van der Waals surface area contributed by atoms with Crippen LogP contribution in [0.2, 0.25) is 4.34 Å². The summed E-state index contributed by atoms with van der Waals surface area (Å²) in [5.41, 5.74) is 7.78. The average molecular weight is 282 g/mol. The number of hydrogen-bond acceptors (Lipinski definition) is 4. The Morgan fingerprint density at radius 1 is 1.39 bits per heavy atom. The van der Waals surface area contributed by atoms with Gasteiger partial charge in [-0.15, -0.1) is 11.3 Å². The summed E-state index contributed by atoms with van der Waals surface area (Å²) < 4.78 is 0.818. The van der Waals surface area contributed by atoms with Gasteiger partial charge in [-0.3, -0.25) is 0 Å². The maximum absolute atomic E-state index is 5.93. The lowest BCUT2D eigenvalue weighted by Crippen LogP contribution is -2.17. The Kier molecular flexibility index (Phi) is 4.22. The second-order valence-corrected chi connectivity index (χ2v) is 6.04. The van der Waals surface area contributed by atoms with Crippen LogP contribution in [0, 0.1) is 6.92 Å². The van der Waals surface area contributed by atoms with E-state index in [0.29, 0.717) is 6.54 Å². The molecule has 0 saturated heterocycles. The number of pyridine rings is 1. The van der Waals surface area contributed by atoms with Crippen LogP contribution in [0.4, 0.5) is 5.82 Å². The van der Waals surface area contributed by atoms with Gasteiger partial charge in [-0.1, -0.05) is 11.6 Å². The highest BCUT2D eigenvalue weighted by atomic mass is 35.5. The van der Waals surface area contributed by atoms with Crippen molar-refractivity contribution in [3.63, 3.8) is 0 Å². The minimum Gasteiger partial charge on any atom is -0.355 e. The van der Waals surface area contributed by atoms with Crippen molar-refractivity contribution in [2.45, 2.75) is 20.0 Å². The van der Waals surface area contributed by atoms with Crippen molar-refractivity contribution in [2.24, 2.45) is 5.73 Å². The number of thiophene rings is 1. The lowest BCUT2D eigenvalue weighted by Gasteiger charge is -2.18. The molecule has 2 heterocycles. The third-order valence-corrected chi connectivity index (χ3v) is 3.86. The fraction of sp³-hybridized carbons (Fsp3) is 0.308. The number of aromatic nitrogens is 1. The molecule has 0 aliphatic heterocycles. The molecule has 0 aliphatic carbocycles. The van der Waals surface area contributed by atoms with E-state index in [1.54, 1.807) is 11.3 Å². The Morgan fingerprint density at radius 2 is 2.17 bits per heavy atom. The Hall–Kier alpha value is -1.10. The molecule has 0 unspecified atom stereocenters. The third-order valence-electron chi connectivity index (χ3n) is 2.65. The minimum absolute atomic E-state index is 0.537. The summed E-state index contributed by atoms with van der Waals surface area (Å²) in [6.07, 6.45) is 0. The topological polar surface area (TPSA) is 42.1 Å². The third kappa shape index (κ3) is 3.22. The number of rotatable bonds is 4. The summed E-state index contributed by atoms with van der Waals surface area (Å²) >= 11 is 7.53. The van der Waals surface area contributed by atoms with Gasteiger partial charge in [0.15, 0.2) is 0 Å². The van der Waals surface area contributed by atoms with Gasteiger partial charge in [-0.2, -0.15) is 0 Å². The quantitative estimate of drug-likeness (QED) is 0.936. The Bertz CT molecular complexity index is 539. The average Bonchev–Trinajstić information content (AvgIpc) is 2.73. The SMILES string of the molecule is Cc1cc(CN)cc(N(C)Cc2ccc(Cl)s2)n1. The largest absolute Gasteiger partial charge is 0.355 e. The summed E-state index contributed by atoms with van der Waals surface area (Å²) in [5, 5.41) is 0. The highest BCUT2D eigenvalue weighted by Crippen LogP contribution is 2.24. The maximum atomic E-state index is 5.93. The first-order valence-corrected chi connectivity index (χ1v) is 6.91. The summed E-state index contributed by atoms with van der Waals surface area (Å²) in [6.45, 7) is 3.32. The van der Waals surface area contributed by atoms with Gasteiger partial charge < -0.3 is 10.6 Å². The number of nitrogens with zero attached hydrogens (tertiary/aromatic N) is 2. The van der Waals surface area contributed by atoms with Crippen LogP contribution in [0.5, 0.6) is 0 Å². The zero-order chi connectivity index (χ0) is 13.1. The number of hydrogen-bond donors (Lipinski definition) is 1. The van der Waals surface area contributed by atoms with Crippen LogP contribution in [0.25, 0.3) is 0 Å². The normalized spacial score (nSPS) is 10.7. The van der Waals surface area contributed by atoms with Crippen molar-refractivity contribution in [1.29, 1.82) is 0 Å². The van der Waals surface area contributed by atoms with Crippen molar-refractivity contribution in [3.05, 3.63) is 44.7 Å². The van der Waals surface area contributed by atoms with E-state index in [9.17, 15) is 0 Å². The highest BCUT2D eigenvalue weighted by Gasteiger charge is 2.07.